The Hall–Kier alpha value is -2.34. The summed E-state index contributed by atoms with van der Waals surface area (Å²) in [7, 11) is -3.24. The lowest BCUT2D eigenvalue weighted by atomic mass is 10.1. The van der Waals surface area contributed by atoms with Crippen LogP contribution in [0.3, 0.4) is 0 Å². The van der Waals surface area contributed by atoms with Crippen LogP contribution in [0.2, 0.25) is 0 Å². The van der Waals surface area contributed by atoms with Gasteiger partial charge in [-0.25, -0.2) is 8.42 Å². The summed E-state index contributed by atoms with van der Waals surface area (Å²) < 4.78 is 29.1. The monoisotopic (exact) mass is 389 g/mol. The minimum atomic E-state index is -3.24. The molecule has 0 unspecified atom stereocenters. The van der Waals surface area contributed by atoms with Gasteiger partial charge in [-0.1, -0.05) is 31.2 Å². The van der Waals surface area contributed by atoms with Crippen LogP contribution in [0, 0.1) is 13.8 Å². The summed E-state index contributed by atoms with van der Waals surface area (Å²) in [4.78, 5) is 12.9. The van der Waals surface area contributed by atoms with E-state index in [1.165, 1.54) is 6.26 Å². The Morgan fingerprint density at radius 1 is 1.11 bits per heavy atom. The summed E-state index contributed by atoms with van der Waals surface area (Å²) in [6, 6.07) is 12.1. The van der Waals surface area contributed by atoms with E-state index in [1.54, 1.807) is 24.3 Å². The van der Waals surface area contributed by atoms with Crippen LogP contribution >= 0.6 is 0 Å². The van der Waals surface area contributed by atoms with Crippen molar-refractivity contribution < 1.29 is 17.9 Å². The molecule has 2 atom stereocenters. The molecule has 2 aromatic rings. The second-order valence-electron chi connectivity index (χ2n) is 6.78. The molecule has 1 amide bonds. The summed E-state index contributed by atoms with van der Waals surface area (Å²) in [5.41, 5.74) is 2.97. The van der Waals surface area contributed by atoms with E-state index in [-0.39, 0.29) is 16.8 Å². The predicted molar refractivity (Wildman–Crippen MR) is 107 cm³/mol. The minimum Gasteiger partial charge on any atom is -0.480 e. The fraction of sp³-hybridized carbons (Fsp3) is 0.381. The van der Waals surface area contributed by atoms with Gasteiger partial charge < -0.3 is 10.1 Å². The van der Waals surface area contributed by atoms with E-state index in [9.17, 15) is 13.2 Å². The number of nitrogens with one attached hydrogen (secondary N) is 1. The van der Waals surface area contributed by atoms with Crippen LogP contribution in [0.25, 0.3) is 0 Å². The van der Waals surface area contributed by atoms with Gasteiger partial charge in [0.2, 0.25) is 0 Å². The summed E-state index contributed by atoms with van der Waals surface area (Å²) in [5.74, 6) is 0.514. The molecule has 0 radical (unpaired) electrons. The van der Waals surface area contributed by atoms with Crippen molar-refractivity contribution in [3.05, 3.63) is 59.2 Å². The molecule has 2 aromatic carbocycles. The normalized spacial score (nSPS) is 13.7. The molecule has 0 saturated heterocycles. The number of benzene rings is 2. The summed E-state index contributed by atoms with van der Waals surface area (Å²) in [6.07, 6.45) is 1.12. The molecule has 2 rings (SSSR count). The molecule has 0 aliphatic heterocycles. The first-order valence-corrected chi connectivity index (χ1v) is 10.9. The molecule has 27 heavy (non-hydrogen) atoms. The number of carbonyl (C=O) groups is 1. The number of ether oxygens (including phenoxy) is 1. The van der Waals surface area contributed by atoms with Crippen molar-refractivity contribution in [1.82, 2.24) is 5.32 Å². The molecule has 146 valence electrons. The highest BCUT2D eigenvalue weighted by Crippen LogP contribution is 2.23. The Morgan fingerprint density at radius 2 is 1.74 bits per heavy atom. The standard InChI is InChI=1S/C21H27NO4S/c1-6-19(26-20-9-7-8-14(2)15(20)3)21(23)22-16(4)17-10-12-18(13-11-17)27(5,24)25/h7-13,16,19H,6H2,1-5H3,(H,22,23)/t16-,19+/m1/s1. The van der Waals surface area contributed by atoms with Gasteiger partial charge in [0.15, 0.2) is 15.9 Å². The average Bonchev–Trinajstić information content (AvgIpc) is 2.62. The highest BCUT2D eigenvalue weighted by Gasteiger charge is 2.21. The SMILES string of the molecule is CC[C@H](Oc1cccc(C)c1C)C(=O)N[C@H](C)c1ccc(S(C)(=O)=O)cc1. The molecule has 6 heteroatoms. The van der Waals surface area contributed by atoms with Crippen LogP contribution in [0.4, 0.5) is 0 Å². The topological polar surface area (TPSA) is 72.5 Å². The number of amides is 1. The van der Waals surface area contributed by atoms with Crippen molar-refractivity contribution in [3.63, 3.8) is 0 Å². The van der Waals surface area contributed by atoms with E-state index in [4.69, 9.17) is 4.74 Å². The van der Waals surface area contributed by atoms with Crippen molar-refractivity contribution in [2.24, 2.45) is 0 Å². The number of hydrogen-bond donors (Lipinski definition) is 1. The van der Waals surface area contributed by atoms with Crippen molar-refractivity contribution in [1.29, 1.82) is 0 Å². The van der Waals surface area contributed by atoms with E-state index < -0.39 is 15.9 Å². The smallest absolute Gasteiger partial charge is 0.261 e. The van der Waals surface area contributed by atoms with Crippen LogP contribution < -0.4 is 10.1 Å². The van der Waals surface area contributed by atoms with Gasteiger partial charge in [-0.3, -0.25) is 4.79 Å². The number of sulfone groups is 1. The predicted octanol–water partition coefficient (Wildman–Crippen LogP) is 3.74. The second kappa shape index (κ2) is 8.57. The highest BCUT2D eigenvalue weighted by molar-refractivity contribution is 7.90. The van der Waals surface area contributed by atoms with Crippen LogP contribution in [-0.4, -0.2) is 26.7 Å². The van der Waals surface area contributed by atoms with Crippen molar-refractivity contribution in [2.45, 2.75) is 51.2 Å². The lowest BCUT2D eigenvalue weighted by molar-refractivity contribution is -0.128. The molecular weight excluding hydrogens is 362 g/mol. The first kappa shape index (κ1) is 21.0. The van der Waals surface area contributed by atoms with Gasteiger partial charge in [-0.15, -0.1) is 0 Å². The fourth-order valence-corrected chi connectivity index (χ4v) is 3.35. The maximum absolute atomic E-state index is 12.7. The Morgan fingerprint density at radius 3 is 2.30 bits per heavy atom. The zero-order valence-electron chi connectivity index (χ0n) is 16.4. The highest BCUT2D eigenvalue weighted by atomic mass is 32.2. The molecule has 0 aliphatic carbocycles. The summed E-state index contributed by atoms with van der Waals surface area (Å²) >= 11 is 0. The largest absolute Gasteiger partial charge is 0.480 e. The molecule has 1 N–H and O–H groups in total. The molecule has 0 aromatic heterocycles. The zero-order chi connectivity index (χ0) is 20.2. The number of aryl methyl sites for hydroxylation is 1. The van der Waals surface area contributed by atoms with E-state index in [0.29, 0.717) is 12.2 Å². The minimum absolute atomic E-state index is 0.196. The van der Waals surface area contributed by atoms with Gasteiger partial charge in [0, 0.05) is 6.26 Å². The Balaban J connectivity index is 2.08. The Kier molecular flexibility index (Phi) is 6.65. The van der Waals surface area contributed by atoms with Gasteiger partial charge in [0.25, 0.3) is 5.91 Å². The lowest BCUT2D eigenvalue weighted by Crippen LogP contribution is -2.39. The van der Waals surface area contributed by atoms with Crippen molar-refractivity contribution in [2.75, 3.05) is 6.26 Å². The number of hydrogen-bond acceptors (Lipinski definition) is 4. The van der Waals surface area contributed by atoms with Crippen LogP contribution in [0.5, 0.6) is 5.75 Å². The van der Waals surface area contributed by atoms with E-state index >= 15 is 0 Å². The molecular formula is C21H27NO4S. The van der Waals surface area contributed by atoms with Crippen LogP contribution in [-0.2, 0) is 14.6 Å². The maximum atomic E-state index is 12.7. The molecule has 0 saturated carbocycles. The lowest BCUT2D eigenvalue weighted by Gasteiger charge is -2.22. The van der Waals surface area contributed by atoms with Gasteiger partial charge in [-0.05, 0) is 62.1 Å². The number of carbonyl (C=O) groups excluding carboxylic acids is 1. The molecule has 0 aliphatic rings. The van der Waals surface area contributed by atoms with Gasteiger partial charge >= 0.3 is 0 Å². The zero-order valence-corrected chi connectivity index (χ0v) is 17.3. The Labute approximate surface area is 161 Å². The first-order chi connectivity index (χ1) is 12.6. The Bertz CT molecular complexity index is 904. The van der Waals surface area contributed by atoms with Gasteiger partial charge in [-0.2, -0.15) is 0 Å². The first-order valence-electron chi connectivity index (χ1n) is 8.96. The molecule has 0 bridgehead atoms. The fourth-order valence-electron chi connectivity index (χ4n) is 2.72. The second-order valence-corrected chi connectivity index (χ2v) is 8.80. The van der Waals surface area contributed by atoms with Crippen LogP contribution in [0.1, 0.15) is 43.0 Å². The molecule has 5 nitrogen and oxygen atoms in total. The summed E-state index contributed by atoms with van der Waals surface area (Å²) in [5, 5.41) is 2.95. The third kappa shape index (κ3) is 5.32. The third-order valence-corrected chi connectivity index (χ3v) is 5.78. The van der Waals surface area contributed by atoms with E-state index in [1.807, 2.05) is 45.9 Å². The van der Waals surface area contributed by atoms with Crippen molar-refractivity contribution in [3.8, 4) is 5.75 Å². The van der Waals surface area contributed by atoms with E-state index in [2.05, 4.69) is 5.32 Å². The average molecular weight is 390 g/mol. The van der Waals surface area contributed by atoms with Gasteiger partial charge in [0.1, 0.15) is 5.75 Å². The quantitative estimate of drug-likeness (QED) is 0.783. The molecule has 0 fully saturated rings. The van der Waals surface area contributed by atoms with E-state index in [0.717, 1.165) is 16.7 Å². The summed E-state index contributed by atoms with van der Waals surface area (Å²) in [6.45, 7) is 7.74. The molecule has 0 spiro atoms. The number of rotatable bonds is 7. The van der Waals surface area contributed by atoms with Crippen molar-refractivity contribution >= 4 is 15.7 Å². The van der Waals surface area contributed by atoms with Crippen LogP contribution in [0.15, 0.2) is 47.4 Å². The molecule has 0 heterocycles. The van der Waals surface area contributed by atoms with Gasteiger partial charge in [0.05, 0.1) is 10.9 Å². The maximum Gasteiger partial charge on any atom is 0.261 e. The third-order valence-electron chi connectivity index (χ3n) is 4.65.